The van der Waals surface area contributed by atoms with E-state index in [0.717, 1.165) is 17.1 Å². The fraction of sp³-hybridized carbons (Fsp3) is 0.0588. The number of nitrogens with zero attached hydrogens (tertiary/aromatic N) is 1. The van der Waals surface area contributed by atoms with E-state index in [9.17, 15) is 0 Å². The van der Waals surface area contributed by atoms with Crippen LogP contribution in [0.1, 0.15) is 25.0 Å². The van der Waals surface area contributed by atoms with Crippen molar-refractivity contribution < 1.29 is 0 Å². The molecule has 0 unspecified atom stereocenters. The summed E-state index contributed by atoms with van der Waals surface area (Å²) in [5.41, 5.74) is 16.0. The molecule has 53 heavy (non-hydrogen) atoms. The number of hydrogen-bond acceptors (Lipinski definition) is 2. The van der Waals surface area contributed by atoms with E-state index >= 15 is 0 Å². The first-order valence-electron chi connectivity index (χ1n) is 18.3. The van der Waals surface area contributed by atoms with Gasteiger partial charge in [0.1, 0.15) is 0 Å². The summed E-state index contributed by atoms with van der Waals surface area (Å²) in [6, 6.07) is 69.1. The van der Waals surface area contributed by atoms with Gasteiger partial charge in [-0.15, -0.1) is 11.3 Å². The molecule has 252 valence electrons. The van der Waals surface area contributed by atoms with E-state index in [1.807, 2.05) is 11.3 Å². The predicted octanol–water partition coefficient (Wildman–Crippen LogP) is 14.8. The molecule has 1 aromatic heterocycles. The molecular weight excluding hydrogens is 659 g/mol. The second-order valence-electron chi connectivity index (χ2n) is 14.5. The van der Waals surface area contributed by atoms with Gasteiger partial charge >= 0.3 is 0 Å². The van der Waals surface area contributed by atoms with Crippen molar-refractivity contribution in [2.75, 3.05) is 4.90 Å². The maximum absolute atomic E-state index is 2.49. The number of rotatable bonds is 6. The first-order chi connectivity index (χ1) is 26.0. The molecule has 10 rings (SSSR count). The molecule has 2 heteroatoms. The lowest BCUT2D eigenvalue weighted by Gasteiger charge is -2.30. The molecule has 0 aliphatic heterocycles. The summed E-state index contributed by atoms with van der Waals surface area (Å²) >= 11 is 1.87. The maximum Gasteiger partial charge on any atom is 0.0547 e. The lowest BCUT2D eigenvalue weighted by molar-refractivity contribution is 0.660. The van der Waals surface area contributed by atoms with E-state index in [-0.39, 0.29) is 5.41 Å². The van der Waals surface area contributed by atoms with Crippen molar-refractivity contribution in [2.45, 2.75) is 19.3 Å². The third-order valence-electron chi connectivity index (χ3n) is 11.1. The molecule has 0 spiro atoms. The van der Waals surface area contributed by atoms with Gasteiger partial charge in [0.05, 0.1) is 5.69 Å². The quantitative estimate of drug-likeness (QED) is 0.167. The van der Waals surface area contributed by atoms with Gasteiger partial charge in [-0.25, -0.2) is 0 Å². The largest absolute Gasteiger partial charge is 0.310 e. The van der Waals surface area contributed by atoms with Crippen molar-refractivity contribution in [3.63, 3.8) is 0 Å². The molecule has 1 aliphatic carbocycles. The van der Waals surface area contributed by atoms with Crippen molar-refractivity contribution >= 4 is 48.6 Å². The first-order valence-corrected chi connectivity index (χ1v) is 19.2. The third-order valence-corrected chi connectivity index (χ3v) is 12.2. The highest BCUT2D eigenvalue weighted by molar-refractivity contribution is 7.26. The van der Waals surface area contributed by atoms with Gasteiger partial charge in [-0.2, -0.15) is 0 Å². The van der Waals surface area contributed by atoms with Gasteiger partial charge in [-0.3, -0.25) is 0 Å². The van der Waals surface area contributed by atoms with Crippen molar-refractivity contribution in [2.24, 2.45) is 0 Å². The van der Waals surface area contributed by atoms with Gasteiger partial charge in [-0.05, 0) is 98.6 Å². The summed E-state index contributed by atoms with van der Waals surface area (Å²) in [6.07, 6.45) is 0. The molecule has 0 radical (unpaired) electrons. The molecule has 0 atom stereocenters. The molecular formula is C51H37NS. The van der Waals surface area contributed by atoms with Crippen LogP contribution in [0.4, 0.5) is 17.1 Å². The molecule has 0 fully saturated rings. The zero-order valence-corrected chi connectivity index (χ0v) is 30.6. The van der Waals surface area contributed by atoms with Crippen molar-refractivity contribution in [1.29, 1.82) is 0 Å². The lowest BCUT2D eigenvalue weighted by Crippen LogP contribution is -2.17. The first kappa shape index (κ1) is 31.5. The molecule has 0 saturated carbocycles. The second kappa shape index (κ2) is 12.5. The number of fused-ring (bicyclic) bond motifs is 6. The standard InChI is InChI=1S/C51H37NS/c1-51(2)44-22-11-9-20-41(44)42-29-28-40(33-45(42)51)52(39-26-24-36(25-27-39)34-14-5-3-6-15-34)46-30-31-48-50(43-21-10-12-23-47(43)53-48)49(46)38-19-13-18-37(32-38)35-16-7-4-8-17-35/h3-33H,1-2H3. The minimum Gasteiger partial charge on any atom is -0.310 e. The van der Waals surface area contributed by atoms with Gasteiger partial charge in [0, 0.05) is 42.5 Å². The van der Waals surface area contributed by atoms with Crippen LogP contribution in [0.15, 0.2) is 188 Å². The molecule has 0 N–H and O–H groups in total. The van der Waals surface area contributed by atoms with E-state index in [2.05, 4.69) is 207 Å². The number of thiophene rings is 1. The zero-order valence-electron chi connectivity index (χ0n) is 29.8. The van der Waals surface area contributed by atoms with Crippen LogP contribution in [0.3, 0.4) is 0 Å². The lowest BCUT2D eigenvalue weighted by atomic mass is 9.82. The average Bonchev–Trinajstić information content (AvgIpc) is 3.71. The van der Waals surface area contributed by atoms with E-state index in [0.29, 0.717) is 0 Å². The van der Waals surface area contributed by atoms with Crippen LogP contribution in [-0.2, 0) is 5.41 Å². The Morgan fingerprint density at radius 1 is 0.415 bits per heavy atom. The summed E-state index contributed by atoms with van der Waals surface area (Å²) in [5, 5.41) is 2.59. The Bertz CT molecular complexity index is 2790. The highest BCUT2D eigenvalue weighted by Gasteiger charge is 2.36. The van der Waals surface area contributed by atoms with Crippen molar-refractivity contribution in [3.8, 4) is 44.5 Å². The highest BCUT2D eigenvalue weighted by atomic mass is 32.1. The van der Waals surface area contributed by atoms with Crippen LogP contribution >= 0.6 is 11.3 Å². The molecule has 9 aromatic rings. The molecule has 0 saturated heterocycles. The molecule has 0 bridgehead atoms. The Labute approximate surface area is 315 Å². The van der Waals surface area contributed by atoms with E-state index in [4.69, 9.17) is 0 Å². The van der Waals surface area contributed by atoms with Crippen LogP contribution < -0.4 is 4.90 Å². The van der Waals surface area contributed by atoms with E-state index in [1.165, 1.54) is 75.8 Å². The normalized spacial score (nSPS) is 12.9. The minimum atomic E-state index is -0.120. The van der Waals surface area contributed by atoms with E-state index in [1.54, 1.807) is 0 Å². The fourth-order valence-electron chi connectivity index (χ4n) is 8.46. The predicted molar refractivity (Wildman–Crippen MR) is 228 cm³/mol. The molecule has 0 amide bonds. The molecule has 1 nitrogen and oxygen atoms in total. The van der Waals surface area contributed by atoms with E-state index < -0.39 is 0 Å². The Kier molecular flexibility index (Phi) is 7.42. The highest BCUT2D eigenvalue weighted by Crippen LogP contribution is 2.53. The molecule has 1 aliphatic rings. The van der Waals surface area contributed by atoms with Crippen LogP contribution in [0.2, 0.25) is 0 Å². The average molecular weight is 696 g/mol. The number of hydrogen-bond donors (Lipinski definition) is 0. The van der Waals surface area contributed by atoms with Gasteiger partial charge in [0.25, 0.3) is 0 Å². The van der Waals surface area contributed by atoms with Crippen molar-refractivity contribution in [1.82, 2.24) is 0 Å². The maximum atomic E-state index is 2.49. The van der Waals surface area contributed by atoms with Gasteiger partial charge < -0.3 is 4.90 Å². The third kappa shape index (κ3) is 5.21. The van der Waals surface area contributed by atoms with Crippen LogP contribution in [0, 0.1) is 0 Å². The Morgan fingerprint density at radius 3 is 1.81 bits per heavy atom. The summed E-state index contributed by atoms with van der Waals surface area (Å²) in [5.74, 6) is 0. The van der Waals surface area contributed by atoms with Crippen LogP contribution in [0.5, 0.6) is 0 Å². The minimum absolute atomic E-state index is 0.120. The Morgan fingerprint density at radius 2 is 1.02 bits per heavy atom. The smallest absolute Gasteiger partial charge is 0.0547 e. The molecule has 1 heterocycles. The Balaban J connectivity index is 1.25. The van der Waals surface area contributed by atoms with Gasteiger partial charge in [0.2, 0.25) is 0 Å². The topological polar surface area (TPSA) is 3.24 Å². The SMILES string of the molecule is CC1(C)c2ccccc2-c2ccc(N(c3ccc(-c4ccccc4)cc3)c3ccc4sc5ccccc5c4c3-c3cccc(-c4ccccc4)c3)cc21. The zero-order chi connectivity index (χ0) is 35.5. The van der Waals surface area contributed by atoms with Crippen LogP contribution in [0.25, 0.3) is 64.7 Å². The fourth-order valence-corrected chi connectivity index (χ4v) is 9.57. The number of benzene rings is 8. The monoisotopic (exact) mass is 695 g/mol. The number of anilines is 3. The summed E-state index contributed by atoms with van der Waals surface area (Å²) in [7, 11) is 0. The Hall–Kier alpha value is -6.22. The summed E-state index contributed by atoms with van der Waals surface area (Å²) < 4.78 is 2.59. The van der Waals surface area contributed by atoms with Gasteiger partial charge in [0.15, 0.2) is 0 Å². The molecule has 8 aromatic carbocycles. The summed E-state index contributed by atoms with van der Waals surface area (Å²) in [4.78, 5) is 2.49. The summed E-state index contributed by atoms with van der Waals surface area (Å²) in [6.45, 7) is 4.73. The second-order valence-corrected chi connectivity index (χ2v) is 15.6. The van der Waals surface area contributed by atoms with Crippen LogP contribution in [-0.4, -0.2) is 0 Å². The van der Waals surface area contributed by atoms with Crippen molar-refractivity contribution in [3.05, 3.63) is 199 Å². The van der Waals surface area contributed by atoms with Gasteiger partial charge in [-0.1, -0.05) is 153 Å².